The first-order valence-corrected chi connectivity index (χ1v) is 11.5. The number of nitrogens with zero attached hydrogens (tertiary/aromatic N) is 1. The summed E-state index contributed by atoms with van der Waals surface area (Å²) >= 11 is 5.68. The molecular formula is C25H28FN3O4S. The van der Waals surface area contributed by atoms with Crippen molar-refractivity contribution in [2.24, 2.45) is 0 Å². The minimum absolute atomic E-state index is 0.122. The lowest BCUT2D eigenvalue weighted by atomic mass is 10.1. The molecule has 0 bridgehead atoms. The van der Waals surface area contributed by atoms with E-state index in [1.807, 2.05) is 17.0 Å². The summed E-state index contributed by atoms with van der Waals surface area (Å²) in [6.45, 7) is 2.05. The Morgan fingerprint density at radius 2 is 1.91 bits per heavy atom. The van der Waals surface area contributed by atoms with Crippen LogP contribution in [0.5, 0.6) is 11.5 Å². The zero-order valence-corrected chi connectivity index (χ0v) is 20.0. The molecule has 0 unspecified atom stereocenters. The zero-order chi connectivity index (χ0) is 24.1. The summed E-state index contributed by atoms with van der Waals surface area (Å²) in [5, 5.41) is 4.59. The van der Waals surface area contributed by atoms with E-state index in [2.05, 4.69) is 10.3 Å². The van der Waals surface area contributed by atoms with Gasteiger partial charge in [0.15, 0.2) is 16.6 Å². The summed E-state index contributed by atoms with van der Waals surface area (Å²) in [7, 11) is 3.12. The van der Waals surface area contributed by atoms with Gasteiger partial charge in [-0.25, -0.2) is 4.39 Å². The van der Waals surface area contributed by atoms with Crippen molar-refractivity contribution in [3.05, 3.63) is 69.8 Å². The Bertz CT molecular complexity index is 1210. The van der Waals surface area contributed by atoms with E-state index < -0.39 is 0 Å². The number of methoxy groups -OCH3 is 2. The third kappa shape index (κ3) is 5.66. The first kappa shape index (κ1) is 24.0. The average molecular weight is 486 g/mol. The van der Waals surface area contributed by atoms with Gasteiger partial charge in [0, 0.05) is 36.7 Å². The summed E-state index contributed by atoms with van der Waals surface area (Å²) in [5.41, 5.74) is 1.86. The molecule has 9 heteroatoms. The largest absolute Gasteiger partial charge is 0.493 e. The molecule has 1 aliphatic heterocycles. The van der Waals surface area contributed by atoms with E-state index >= 15 is 0 Å². The zero-order valence-electron chi connectivity index (χ0n) is 19.2. The normalized spacial score (nSPS) is 15.3. The van der Waals surface area contributed by atoms with Crippen LogP contribution >= 0.6 is 12.2 Å². The Kier molecular flexibility index (Phi) is 7.64. The second-order valence-electron chi connectivity index (χ2n) is 8.22. The van der Waals surface area contributed by atoms with Crippen LogP contribution in [0.3, 0.4) is 0 Å². The van der Waals surface area contributed by atoms with Crippen LogP contribution in [0.25, 0.3) is 10.9 Å². The number of hydrogen-bond acceptors (Lipinski definition) is 5. The van der Waals surface area contributed by atoms with Gasteiger partial charge in [0.1, 0.15) is 5.82 Å². The highest BCUT2D eigenvalue weighted by Gasteiger charge is 2.19. The molecule has 2 aromatic carbocycles. The maximum absolute atomic E-state index is 13.4. The minimum atomic E-state index is -0.301. The highest BCUT2D eigenvalue weighted by Crippen LogP contribution is 2.31. The number of fused-ring (bicyclic) bond motifs is 1. The highest BCUT2D eigenvalue weighted by molar-refractivity contribution is 7.80. The predicted molar refractivity (Wildman–Crippen MR) is 133 cm³/mol. The van der Waals surface area contributed by atoms with Crippen LogP contribution in [0.15, 0.2) is 47.3 Å². The SMILES string of the molecule is COc1cc2cc(CN(Cc3ccc(F)cc3)C(=S)NC[C@@H]3CCCO3)c(=O)[nH]c2cc1OC. The van der Waals surface area contributed by atoms with Gasteiger partial charge in [-0.3, -0.25) is 4.79 Å². The van der Waals surface area contributed by atoms with Crippen molar-refractivity contribution in [3.8, 4) is 11.5 Å². The number of H-pyrrole nitrogens is 1. The van der Waals surface area contributed by atoms with Gasteiger partial charge in [-0.05, 0) is 54.9 Å². The first-order chi connectivity index (χ1) is 16.5. The molecule has 4 rings (SSSR count). The van der Waals surface area contributed by atoms with Crippen LogP contribution in [-0.4, -0.2) is 48.5 Å². The number of thiocarbonyl (C=S) groups is 1. The van der Waals surface area contributed by atoms with Gasteiger partial charge in [-0.1, -0.05) is 12.1 Å². The Labute approximate surface area is 202 Å². The molecule has 0 amide bonds. The van der Waals surface area contributed by atoms with Crippen molar-refractivity contribution >= 4 is 28.2 Å². The van der Waals surface area contributed by atoms with Crippen molar-refractivity contribution in [1.82, 2.24) is 15.2 Å². The molecule has 1 aliphatic rings. The number of benzene rings is 2. The van der Waals surface area contributed by atoms with E-state index in [0.29, 0.717) is 40.8 Å². The second kappa shape index (κ2) is 10.8. The molecule has 2 heterocycles. The van der Waals surface area contributed by atoms with Crippen molar-refractivity contribution in [2.45, 2.75) is 32.0 Å². The summed E-state index contributed by atoms with van der Waals surface area (Å²) in [4.78, 5) is 17.7. The Balaban J connectivity index is 1.60. The fraction of sp³-hybridized carbons (Fsp3) is 0.360. The molecule has 0 radical (unpaired) electrons. The summed E-state index contributed by atoms with van der Waals surface area (Å²) in [6, 6.07) is 11.7. The number of rotatable bonds is 8. The van der Waals surface area contributed by atoms with Crippen molar-refractivity contribution in [3.63, 3.8) is 0 Å². The average Bonchev–Trinajstić information content (AvgIpc) is 3.36. The Morgan fingerprint density at radius 3 is 2.59 bits per heavy atom. The molecule has 0 aliphatic carbocycles. The molecular weight excluding hydrogens is 457 g/mol. The van der Waals surface area contributed by atoms with E-state index in [1.54, 1.807) is 32.4 Å². The van der Waals surface area contributed by atoms with E-state index in [1.165, 1.54) is 12.1 Å². The predicted octanol–water partition coefficient (Wildman–Crippen LogP) is 3.74. The molecule has 3 aromatic rings. The molecule has 180 valence electrons. The molecule has 1 fully saturated rings. The lowest BCUT2D eigenvalue weighted by molar-refractivity contribution is 0.113. The van der Waals surface area contributed by atoms with Crippen molar-refractivity contribution in [2.75, 3.05) is 27.4 Å². The van der Waals surface area contributed by atoms with Gasteiger partial charge >= 0.3 is 0 Å². The fourth-order valence-corrected chi connectivity index (χ4v) is 4.24. The smallest absolute Gasteiger partial charge is 0.253 e. The van der Waals surface area contributed by atoms with Crippen LogP contribution in [0, 0.1) is 5.82 Å². The number of halogens is 1. The van der Waals surface area contributed by atoms with Gasteiger partial charge in [-0.2, -0.15) is 0 Å². The van der Waals surface area contributed by atoms with Crippen molar-refractivity contribution < 1.29 is 18.6 Å². The molecule has 1 aromatic heterocycles. The molecule has 1 atom stereocenters. The van der Waals surface area contributed by atoms with Gasteiger partial charge in [0.2, 0.25) is 0 Å². The van der Waals surface area contributed by atoms with Gasteiger partial charge in [-0.15, -0.1) is 0 Å². The van der Waals surface area contributed by atoms with Crippen LogP contribution in [0.1, 0.15) is 24.0 Å². The molecule has 1 saturated heterocycles. The Hall–Kier alpha value is -3.17. The topological polar surface area (TPSA) is 75.8 Å². The molecule has 0 spiro atoms. The van der Waals surface area contributed by atoms with E-state index in [4.69, 9.17) is 26.4 Å². The number of pyridine rings is 1. The molecule has 2 N–H and O–H groups in total. The summed E-state index contributed by atoms with van der Waals surface area (Å²) < 4.78 is 29.8. The first-order valence-electron chi connectivity index (χ1n) is 11.1. The third-order valence-electron chi connectivity index (χ3n) is 5.87. The maximum Gasteiger partial charge on any atom is 0.253 e. The monoisotopic (exact) mass is 485 g/mol. The lowest BCUT2D eigenvalue weighted by Crippen LogP contribution is -2.42. The fourth-order valence-electron chi connectivity index (χ4n) is 4.03. The van der Waals surface area contributed by atoms with E-state index in [0.717, 1.165) is 30.4 Å². The molecule has 0 saturated carbocycles. The molecule has 34 heavy (non-hydrogen) atoms. The standard InChI is InChI=1S/C25H28FN3O4S/c1-31-22-11-17-10-18(24(30)28-21(17)12-23(22)32-2)15-29(14-16-5-7-19(26)8-6-16)25(34)27-13-20-4-3-9-33-20/h5-8,10-12,20H,3-4,9,13-15H2,1-2H3,(H,27,34)(H,28,30)/t20-/m0/s1. The quantitative estimate of drug-likeness (QED) is 0.471. The number of aromatic nitrogens is 1. The Morgan fingerprint density at radius 1 is 1.18 bits per heavy atom. The second-order valence-corrected chi connectivity index (χ2v) is 8.61. The number of ether oxygens (including phenoxy) is 3. The summed E-state index contributed by atoms with van der Waals surface area (Å²) in [6.07, 6.45) is 2.15. The van der Waals surface area contributed by atoms with Crippen LogP contribution < -0.4 is 20.3 Å². The van der Waals surface area contributed by atoms with E-state index in [9.17, 15) is 9.18 Å². The molecule has 7 nitrogen and oxygen atoms in total. The third-order valence-corrected chi connectivity index (χ3v) is 6.27. The van der Waals surface area contributed by atoms with Gasteiger partial charge in [0.25, 0.3) is 5.56 Å². The van der Waals surface area contributed by atoms with Gasteiger partial charge < -0.3 is 29.4 Å². The van der Waals surface area contributed by atoms with Gasteiger partial charge in [0.05, 0.1) is 32.4 Å². The van der Waals surface area contributed by atoms with Crippen LogP contribution in [0.2, 0.25) is 0 Å². The van der Waals surface area contributed by atoms with Crippen LogP contribution in [-0.2, 0) is 17.8 Å². The highest BCUT2D eigenvalue weighted by atomic mass is 32.1. The minimum Gasteiger partial charge on any atom is -0.493 e. The van der Waals surface area contributed by atoms with Crippen molar-refractivity contribution in [1.29, 1.82) is 0 Å². The lowest BCUT2D eigenvalue weighted by Gasteiger charge is -2.27. The summed E-state index contributed by atoms with van der Waals surface area (Å²) in [5.74, 6) is 0.811. The number of hydrogen-bond donors (Lipinski definition) is 2. The number of nitrogens with one attached hydrogen (secondary N) is 2. The van der Waals surface area contributed by atoms with E-state index in [-0.39, 0.29) is 24.0 Å². The maximum atomic E-state index is 13.4. The van der Waals surface area contributed by atoms with Crippen LogP contribution in [0.4, 0.5) is 4.39 Å². The number of aromatic amines is 1.